The molecule has 1 N–H and O–H groups in total. The van der Waals surface area contributed by atoms with Crippen molar-refractivity contribution in [1.82, 2.24) is 19.6 Å². The number of hydrogen-bond acceptors (Lipinski definition) is 5. The van der Waals surface area contributed by atoms with Crippen LogP contribution in [0.5, 0.6) is 0 Å². The average molecular weight is 292 g/mol. The van der Waals surface area contributed by atoms with E-state index in [0.717, 1.165) is 19.4 Å². The molecule has 0 aliphatic rings. The Kier molecular flexibility index (Phi) is 4.91. The second-order valence-corrected chi connectivity index (χ2v) is 4.82. The van der Waals surface area contributed by atoms with E-state index in [9.17, 15) is 10.1 Å². The van der Waals surface area contributed by atoms with Crippen molar-refractivity contribution in [3.05, 3.63) is 34.3 Å². The highest BCUT2D eigenvalue weighted by Crippen LogP contribution is 2.28. The summed E-state index contributed by atoms with van der Waals surface area (Å²) in [4.78, 5) is 10.9. The minimum atomic E-state index is -0.353. The first kappa shape index (κ1) is 15.0. The Bertz CT molecular complexity index is 590. The molecule has 0 unspecified atom stereocenters. The molecule has 0 fully saturated rings. The Morgan fingerprint density at radius 3 is 2.90 bits per heavy atom. The molecule has 0 aliphatic carbocycles. The van der Waals surface area contributed by atoms with Crippen LogP contribution < -0.4 is 5.32 Å². The average Bonchev–Trinajstić information content (AvgIpc) is 3.03. The van der Waals surface area contributed by atoms with E-state index >= 15 is 0 Å². The predicted octanol–water partition coefficient (Wildman–Crippen LogP) is 1.98. The lowest BCUT2D eigenvalue weighted by Crippen LogP contribution is -2.10. The number of anilines is 1. The van der Waals surface area contributed by atoms with Gasteiger partial charge in [0.25, 0.3) is 0 Å². The number of rotatable bonds is 8. The van der Waals surface area contributed by atoms with Gasteiger partial charge in [0.15, 0.2) is 0 Å². The molecule has 0 bridgehead atoms. The summed E-state index contributed by atoms with van der Waals surface area (Å²) in [5.41, 5.74) is 0.637. The zero-order chi connectivity index (χ0) is 15.2. The highest BCUT2D eigenvalue weighted by atomic mass is 16.6. The molecule has 0 amide bonds. The fraction of sp³-hybridized carbons (Fsp3) is 0.538. The van der Waals surface area contributed by atoms with Gasteiger partial charge in [-0.25, -0.2) is 4.68 Å². The minimum Gasteiger partial charge on any atom is -0.364 e. The fourth-order valence-electron chi connectivity index (χ4n) is 2.24. The monoisotopic (exact) mass is 292 g/mol. The first-order valence-corrected chi connectivity index (χ1v) is 7.05. The number of hydrogen-bond donors (Lipinski definition) is 1. The van der Waals surface area contributed by atoms with Gasteiger partial charge in [0.2, 0.25) is 5.82 Å². The number of aromatic nitrogens is 4. The molecule has 8 heteroatoms. The molecule has 0 radical (unpaired) electrons. The van der Waals surface area contributed by atoms with Crippen LogP contribution in [-0.2, 0) is 20.0 Å². The normalized spacial score (nSPS) is 10.8. The molecule has 8 nitrogen and oxygen atoms in total. The van der Waals surface area contributed by atoms with Crippen LogP contribution in [0.4, 0.5) is 11.5 Å². The van der Waals surface area contributed by atoms with Gasteiger partial charge < -0.3 is 5.32 Å². The molecular formula is C13H20N6O2. The van der Waals surface area contributed by atoms with E-state index in [2.05, 4.69) is 15.5 Å². The molecule has 2 rings (SSSR count). The third kappa shape index (κ3) is 3.59. The lowest BCUT2D eigenvalue weighted by Gasteiger charge is -2.06. The standard InChI is InChI=1S/C13H20N6O2/c1-3-6-11-12(19(20)21)13(17(2)16-11)14-7-4-9-18-10-5-8-15-18/h5,8,10,14H,3-4,6-7,9H2,1-2H3. The SMILES string of the molecule is CCCc1nn(C)c(NCCCn2cccn2)c1[N+](=O)[O-]. The summed E-state index contributed by atoms with van der Waals surface area (Å²) < 4.78 is 3.39. The quantitative estimate of drug-likeness (QED) is 0.456. The number of nitrogens with zero attached hydrogens (tertiary/aromatic N) is 5. The third-order valence-corrected chi connectivity index (χ3v) is 3.18. The van der Waals surface area contributed by atoms with Gasteiger partial charge in [0, 0.05) is 32.5 Å². The molecule has 0 saturated heterocycles. The van der Waals surface area contributed by atoms with Gasteiger partial charge in [-0.15, -0.1) is 0 Å². The Morgan fingerprint density at radius 1 is 1.48 bits per heavy atom. The molecular weight excluding hydrogens is 272 g/mol. The van der Waals surface area contributed by atoms with Crippen molar-refractivity contribution < 1.29 is 4.92 Å². The van der Waals surface area contributed by atoms with Gasteiger partial charge in [0.05, 0.1) is 4.92 Å². The van der Waals surface area contributed by atoms with E-state index in [-0.39, 0.29) is 10.6 Å². The van der Waals surface area contributed by atoms with Crippen molar-refractivity contribution in [3.8, 4) is 0 Å². The van der Waals surface area contributed by atoms with Crippen molar-refractivity contribution >= 4 is 11.5 Å². The Balaban J connectivity index is 1.99. The van der Waals surface area contributed by atoms with Crippen LogP contribution in [-0.4, -0.2) is 31.0 Å². The maximum absolute atomic E-state index is 11.2. The van der Waals surface area contributed by atoms with Gasteiger partial charge in [0.1, 0.15) is 5.69 Å². The molecule has 2 aromatic rings. The second kappa shape index (κ2) is 6.87. The maximum Gasteiger partial charge on any atom is 0.333 e. The Labute approximate surface area is 122 Å². The van der Waals surface area contributed by atoms with Crippen LogP contribution in [0, 0.1) is 10.1 Å². The van der Waals surface area contributed by atoms with E-state index < -0.39 is 0 Å². The van der Waals surface area contributed by atoms with Crippen molar-refractivity contribution in [2.24, 2.45) is 7.05 Å². The summed E-state index contributed by atoms with van der Waals surface area (Å²) in [6.45, 7) is 3.38. The van der Waals surface area contributed by atoms with Crippen LogP contribution in [0.2, 0.25) is 0 Å². The molecule has 0 aromatic carbocycles. The molecule has 21 heavy (non-hydrogen) atoms. The lowest BCUT2D eigenvalue weighted by molar-refractivity contribution is -0.384. The number of aryl methyl sites for hydroxylation is 3. The predicted molar refractivity (Wildman–Crippen MR) is 79.2 cm³/mol. The van der Waals surface area contributed by atoms with E-state index in [1.165, 1.54) is 0 Å². The first-order valence-electron chi connectivity index (χ1n) is 7.05. The fourth-order valence-corrected chi connectivity index (χ4v) is 2.24. The highest BCUT2D eigenvalue weighted by Gasteiger charge is 2.25. The van der Waals surface area contributed by atoms with Gasteiger partial charge in [-0.1, -0.05) is 13.3 Å². The molecule has 0 spiro atoms. The highest BCUT2D eigenvalue weighted by molar-refractivity contribution is 5.59. The van der Waals surface area contributed by atoms with Gasteiger partial charge >= 0.3 is 5.69 Å². The number of nitro groups is 1. The minimum absolute atomic E-state index is 0.0958. The van der Waals surface area contributed by atoms with E-state index in [1.54, 1.807) is 17.9 Å². The van der Waals surface area contributed by atoms with Crippen LogP contribution >= 0.6 is 0 Å². The van der Waals surface area contributed by atoms with Crippen LogP contribution in [0.25, 0.3) is 0 Å². The van der Waals surface area contributed by atoms with E-state index in [1.807, 2.05) is 23.9 Å². The summed E-state index contributed by atoms with van der Waals surface area (Å²) >= 11 is 0. The van der Waals surface area contributed by atoms with Gasteiger partial charge in [-0.2, -0.15) is 10.2 Å². The largest absolute Gasteiger partial charge is 0.364 e. The maximum atomic E-state index is 11.2. The Morgan fingerprint density at radius 2 is 2.29 bits per heavy atom. The second-order valence-electron chi connectivity index (χ2n) is 4.82. The molecule has 0 saturated carbocycles. The Hall–Kier alpha value is -2.38. The number of nitrogens with one attached hydrogen (secondary N) is 1. The van der Waals surface area contributed by atoms with Crippen LogP contribution in [0.15, 0.2) is 18.5 Å². The molecule has 114 valence electrons. The summed E-state index contributed by atoms with van der Waals surface area (Å²) in [7, 11) is 1.72. The van der Waals surface area contributed by atoms with E-state index in [0.29, 0.717) is 24.5 Å². The van der Waals surface area contributed by atoms with E-state index in [4.69, 9.17) is 0 Å². The zero-order valence-corrected chi connectivity index (χ0v) is 12.3. The third-order valence-electron chi connectivity index (χ3n) is 3.18. The van der Waals surface area contributed by atoms with Crippen LogP contribution in [0.1, 0.15) is 25.5 Å². The van der Waals surface area contributed by atoms with Crippen molar-refractivity contribution in [1.29, 1.82) is 0 Å². The first-order chi connectivity index (χ1) is 10.1. The lowest BCUT2D eigenvalue weighted by atomic mass is 10.2. The molecule has 2 aromatic heterocycles. The summed E-state index contributed by atoms with van der Waals surface area (Å²) in [5.74, 6) is 0.476. The van der Waals surface area contributed by atoms with Crippen LogP contribution in [0.3, 0.4) is 0 Å². The van der Waals surface area contributed by atoms with Crippen molar-refractivity contribution in [2.75, 3.05) is 11.9 Å². The van der Waals surface area contributed by atoms with Gasteiger partial charge in [-0.05, 0) is 18.9 Å². The van der Waals surface area contributed by atoms with Gasteiger partial charge in [-0.3, -0.25) is 14.8 Å². The molecule has 2 heterocycles. The van der Waals surface area contributed by atoms with Crippen molar-refractivity contribution in [3.63, 3.8) is 0 Å². The summed E-state index contributed by atoms with van der Waals surface area (Å²) in [5, 5.41) is 22.7. The molecule has 0 atom stereocenters. The summed E-state index contributed by atoms with van der Waals surface area (Å²) in [6, 6.07) is 1.87. The summed E-state index contributed by atoms with van der Waals surface area (Å²) in [6.07, 6.45) is 5.89. The smallest absolute Gasteiger partial charge is 0.333 e. The zero-order valence-electron chi connectivity index (χ0n) is 12.3. The van der Waals surface area contributed by atoms with Crippen molar-refractivity contribution in [2.45, 2.75) is 32.7 Å². The molecule has 0 aliphatic heterocycles. The topological polar surface area (TPSA) is 90.8 Å².